The van der Waals surface area contributed by atoms with E-state index in [4.69, 9.17) is 4.74 Å². The molecule has 1 aromatic carbocycles. The summed E-state index contributed by atoms with van der Waals surface area (Å²) in [5, 5.41) is 0. The van der Waals surface area contributed by atoms with Crippen LogP contribution in [0.3, 0.4) is 0 Å². The third-order valence-corrected chi connectivity index (χ3v) is 5.28. The minimum Gasteiger partial charge on any atom is -0.378 e. The quantitative estimate of drug-likeness (QED) is 0.742. The molecule has 0 radical (unpaired) electrons. The Labute approximate surface area is 161 Å². The lowest BCUT2D eigenvalue weighted by Gasteiger charge is -2.40. The summed E-state index contributed by atoms with van der Waals surface area (Å²) < 4.78 is 5.31. The number of morpholine rings is 1. The largest absolute Gasteiger partial charge is 0.378 e. The predicted molar refractivity (Wildman–Crippen MR) is 103 cm³/mol. The molecule has 1 atom stereocenters. The van der Waals surface area contributed by atoms with Gasteiger partial charge in [-0.1, -0.05) is 30.3 Å². The Morgan fingerprint density at radius 3 is 2.22 bits per heavy atom. The number of carbonyl (C=O) groups excluding carboxylic acids is 2. The number of piperazine rings is 1. The van der Waals surface area contributed by atoms with Gasteiger partial charge in [0.2, 0.25) is 11.8 Å². The zero-order chi connectivity index (χ0) is 19.2. The smallest absolute Gasteiger partial charge is 0.244 e. The number of likely N-dealkylation sites (N-methyl/N-ethyl adjacent to an activating group) is 1. The van der Waals surface area contributed by atoms with Gasteiger partial charge < -0.3 is 14.5 Å². The molecule has 2 amide bonds. The van der Waals surface area contributed by atoms with Gasteiger partial charge in [-0.2, -0.15) is 0 Å². The Bertz CT molecular complexity index is 623. The van der Waals surface area contributed by atoms with Crippen LogP contribution in [-0.4, -0.2) is 105 Å². The normalized spacial score (nSPS) is 20.3. The molecule has 148 valence electrons. The monoisotopic (exact) mass is 374 g/mol. The van der Waals surface area contributed by atoms with E-state index in [2.05, 4.69) is 9.80 Å². The number of benzene rings is 1. The number of rotatable bonds is 5. The summed E-state index contributed by atoms with van der Waals surface area (Å²) in [6, 6.07) is 9.68. The van der Waals surface area contributed by atoms with Crippen molar-refractivity contribution in [3.63, 3.8) is 0 Å². The molecule has 3 rings (SSSR count). The Balaban J connectivity index is 1.58. The molecular weight excluding hydrogens is 344 g/mol. The second-order valence-electron chi connectivity index (χ2n) is 7.35. The maximum Gasteiger partial charge on any atom is 0.244 e. The predicted octanol–water partition coefficient (Wildman–Crippen LogP) is 0.292. The highest BCUT2D eigenvalue weighted by molar-refractivity contribution is 5.83. The van der Waals surface area contributed by atoms with Crippen LogP contribution in [0.5, 0.6) is 0 Å². The average molecular weight is 374 g/mol. The van der Waals surface area contributed by atoms with Gasteiger partial charge >= 0.3 is 0 Å². The minimum absolute atomic E-state index is 0.0963. The molecule has 2 aliphatic heterocycles. The molecule has 0 bridgehead atoms. The van der Waals surface area contributed by atoms with Gasteiger partial charge in [-0.05, 0) is 5.56 Å². The first-order valence-electron chi connectivity index (χ1n) is 9.64. The van der Waals surface area contributed by atoms with E-state index >= 15 is 0 Å². The molecule has 1 aromatic rings. The average Bonchev–Trinajstić information content (AvgIpc) is 2.71. The first-order chi connectivity index (χ1) is 13.1. The zero-order valence-corrected chi connectivity index (χ0v) is 16.3. The van der Waals surface area contributed by atoms with Crippen LogP contribution < -0.4 is 0 Å². The van der Waals surface area contributed by atoms with Gasteiger partial charge in [-0.3, -0.25) is 19.4 Å². The van der Waals surface area contributed by atoms with Crippen molar-refractivity contribution in [1.29, 1.82) is 0 Å². The Morgan fingerprint density at radius 2 is 1.63 bits per heavy atom. The minimum atomic E-state index is -0.265. The van der Waals surface area contributed by atoms with E-state index in [-0.39, 0.29) is 17.9 Å². The van der Waals surface area contributed by atoms with Crippen molar-refractivity contribution in [3.05, 3.63) is 35.9 Å². The van der Waals surface area contributed by atoms with Crippen molar-refractivity contribution in [2.24, 2.45) is 0 Å². The van der Waals surface area contributed by atoms with Crippen LogP contribution in [0.2, 0.25) is 0 Å². The molecule has 0 saturated carbocycles. The van der Waals surface area contributed by atoms with Crippen LogP contribution in [0, 0.1) is 0 Å². The summed E-state index contributed by atoms with van der Waals surface area (Å²) in [6.45, 7) is 6.21. The van der Waals surface area contributed by atoms with Crippen LogP contribution in [-0.2, 0) is 14.3 Å². The van der Waals surface area contributed by atoms with E-state index in [9.17, 15) is 9.59 Å². The molecule has 27 heavy (non-hydrogen) atoms. The number of hydrogen-bond acceptors (Lipinski definition) is 5. The lowest BCUT2D eigenvalue weighted by molar-refractivity contribution is -0.139. The van der Waals surface area contributed by atoms with E-state index in [1.807, 2.05) is 35.2 Å². The highest BCUT2D eigenvalue weighted by atomic mass is 16.5. The van der Waals surface area contributed by atoms with E-state index < -0.39 is 0 Å². The first-order valence-corrected chi connectivity index (χ1v) is 9.64. The highest BCUT2D eigenvalue weighted by Gasteiger charge is 2.32. The fourth-order valence-electron chi connectivity index (χ4n) is 3.67. The SMILES string of the molecule is CN(C)C(=O)[C@@H](c1ccccc1)N1CCN(CC(=O)N2CCOCC2)CC1. The lowest BCUT2D eigenvalue weighted by atomic mass is 10.0. The maximum absolute atomic E-state index is 12.8. The number of carbonyl (C=O) groups is 2. The molecule has 0 N–H and O–H groups in total. The molecular formula is C20H30N4O3. The van der Waals surface area contributed by atoms with Crippen molar-refractivity contribution in [2.45, 2.75) is 6.04 Å². The van der Waals surface area contributed by atoms with E-state index in [1.165, 1.54) is 0 Å². The van der Waals surface area contributed by atoms with Gasteiger partial charge in [0.05, 0.1) is 19.8 Å². The third-order valence-electron chi connectivity index (χ3n) is 5.28. The van der Waals surface area contributed by atoms with Gasteiger partial charge in [0.25, 0.3) is 0 Å². The van der Waals surface area contributed by atoms with Crippen LogP contribution in [0.1, 0.15) is 11.6 Å². The zero-order valence-electron chi connectivity index (χ0n) is 16.3. The van der Waals surface area contributed by atoms with Crippen molar-refractivity contribution in [3.8, 4) is 0 Å². The lowest BCUT2D eigenvalue weighted by Crippen LogP contribution is -2.53. The summed E-state index contributed by atoms with van der Waals surface area (Å²) in [4.78, 5) is 33.2. The third kappa shape index (κ3) is 5.06. The molecule has 0 aromatic heterocycles. The topological polar surface area (TPSA) is 56.3 Å². The van der Waals surface area contributed by atoms with Crippen molar-refractivity contribution >= 4 is 11.8 Å². The standard InChI is InChI=1S/C20H30N4O3/c1-21(2)20(26)19(17-6-4-3-5-7-17)24-10-8-22(9-11-24)16-18(25)23-12-14-27-15-13-23/h3-7,19H,8-16H2,1-2H3/t19-/m1/s1. The highest BCUT2D eigenvalue weighted by Crippen LogP contribution is 2.24. The molecule has 0 aliphatic carbocycles. The summed E-state index contributed by atoms with van der Waals surface area (Å²) >= 11 is 0. The van der Waals surface area contributed by atoms with Crippen LogP contribution >= 0.6 is 0 Å². The number of nitrogens with zero attached hydrogens (tertiary/aromatic N) is 4. The molecule has 0 spiro atoms. The van der Waals surface area contributed by atoms with Crippen LogP contribution in [0.25, 0.3) is 0 Å². The van der Waals surface area contributed by atoms with E-state index in [1.54, 1.807) is 19.0 Å². The summed E-state index contributed by atoms with van der Waals surface area (Å²) in [5.74, 6) is 0.273. The Morgan fingerprint density at radius 1 is 1.00 bits per heavy atom. The molecule has 0 unspecified atom stereocenters. The summed E-state index contributed by atoms with van der Waals surface area (Å²) in [7, 11) is 3.60. The fraction of sp³-hybridized carbons (Fsp3) is 0.600. The van der Waals surface area contributed by atoms with Crippen molar-refractivity contribution < 1.29 is 14.3 Å². The van der Waals surface area contributed by atoms with Gasteiger partial charge in [0, 0.05) is 53.4 Å². The number of amides is 2. The van der Waals surface area contributed by atoms with Gasteiger partial charge in [-0.15, -0.1) is 0 Å². The molecule has 2 heterocycles. The maximum atomic E-state index is 12.8. The molecule has 2 saturated heterocycles. The second kappa shape index (κ2) is 9.30. The fourth-order valence-corrected chi connectivity index (χ4v) is 3.67. The summed E-state index contributed by atoms with van der Waals surface area (Å²) in [6.07, 6.45) is 0. The first kappa shape index (κ1) is 19.8. The summed E-state index contributed by atoms with van der Waals surface area (Å²) in [5.41, 5.74) is 1.02. The van der Waals surface area contributed by atoms with E-state index in [0.717, 1.165) is 31.7 Å². The van der Waals surface area contributed by atoms with E-state index in [0.29, 0.717) is 32.8 Å². The number of ether oxygens (including phenoxy) is 1. The van der Waals surface area contributed by atoms with Gasteiger partial charge in [0.15, 0.2) is 0 Å². The number of hydrogen-bond donors (Lipinski definition) is 0. The van der Waals surface area contributed by atoms with Crippen LogP contribution in [0.4, 0.5) is 0 Å². The molecule has 7 nitrogen and oxygen atoms in total. The van der Waals surface area contributed by atoms with Crippen molar-refractivity contribution in [1.82, 2.24) is 19.6 Å². The Hall–Kier alpha value is -1.96. The molecule has 7 heteroatoms. The molecule has 2 aliphatic rings. The molecule has 2 fully saturated rings. The van der Waals surface area contributed by atoms with Gasteiger partial charge in [-0.25, -0.2) is 0 Å². The Kier molecular flexibility index (Phi) is 6.82. The second-order valence-corrected chi connectivity index (χ2v) is 7.35. The van der Waals surface area contributed by atoms with Gasteiger partial charge in [0.1, 0.15) is 6.04 Å². The van der Waals surface area contributed by atoms with Crippen molar-refractivity contribution in [2.75, 3.05) is 73.1 Å². The van der Waals surface area contributed by atoms with Crippen LogP contribution in [0.15, 0.2) is 30.3 Å².